The highest BCUT2D eigenvalue weighted by Gasteiger charge is 2.21. The van der Waals surface area contributed by atoms with Gasteiger partial charge in [-0.25, -0.2) is 9.37 Å². The molecule has 0 spiro atoms. The van der Waals surface area contributed by atoms with Crippen molar-refractivity contribution in [2.45, 2.75) is 6.10 Å². The Balaban J connectivity index is 1.80. The number of benzene rings is 2. The van der Waals surface area contributed by atoms with Gasteiger partial charge in [0.25, 0.3) is 5.69 Å². The third-order valence-electron chi connectivity index (χ3n) is 4.30. The van der Waals surface area contributed by atoms with E-state index in [1.165, 1.54) is 35.0 Å². The maximum atomic E-state index is 13.5. The van der Waals surface area contributed by atoms with Gasteiger partial charge in [0, 0.05) is 37.6 Å². The fourth-order valence-electron chi connectivity index (χ4n) is 2.73. The second-order valence-electron chi connectivity index (χ2n) is 6.25. The monoisotopic (exact) mass is 418 g/mol. The minimum atomic E-state index is -1.13. The Morgan fingerprint density at radius 3 is 2.76 bits per heavy atom. The normalized spacial score (nSPS) is 11.9. The summed E-state index contributed by atoms with van der Waals surface area (Å²) < 4.78 is 15.1. The molecule has 29 heavy (non-hydrogen) atoms. The van der Waals surface area contributed by atoms with Crippen LogP contribution in [-0.4, -0.2) is 31.9 Å². The van der Waals surface area contributed by atoms with Crippen molar-refractivity contribution >= 4 is 28.8 Å². The number of ketones is 1. The number of hydrogen-bond acceptors (Lipinski definition) is 6. The highest BCUT2D eigenvalue weighted by Crippen LogP contribution is 2.28. The van der Waals surface area contributed by atoms with E-state index in [4.69, 9.17) is 11.6 Å². The van der Waals surface area contributed by atoms with Crippen molar-refractivity contribution in [1.82, 2.24) is 9.55 Å². The summed E-state index contributed by atoms with van der Waals surface area (Å²) in [4.78, 5) is 27.3. The van der Waals surface area contributed by atoms with Crippen molar-refractivity contribution in [2.75, 3.05) is 11.9 Å². The van der Waals surface area contributed by atoms with Crippen LogP contribution in [0.15, 0.2) is 48.8 Å². The second kappa shape index (κ2) is 8.38. The first-order chi connectivity index (χ1) is 13.8. The largest absolute Gasteiger partial charge is 0.387 e. The van der Waals surface area contributed by atoms with Crippen molar-refractivity contribution in [2.24, 2.45) is 7.05 Å². The van der Waals surface area contributed by atoms with Crippen molar-refractivity contribution in [3.8, 4) is 0 Å². The van der Waals surface area contributed by atoms with Crippen LogP contribution in [0.1, 0.15) is 27.8 Å². The summed E-state index contributed by atoms with van der Waals surface area (Å²) in [5, 5.41) is 24.4. The maximum absolute atomic E-state index is 13.5. The van der Waals surface area contributed by atoms with E-state index in [-0.39, 0.29) is 39.9 Å². The minimum absolute atomic E-state index is 0.0717. The SMILES string of the molecule is Cn1ccnc1C(=O)c1ccc(NCC(O)c2ccc(Cl)c(F)c2)c([N+](=O)[O-])c1. The van der Waals surface area contributed by atoms with E-state index in [2.05, 4.69) is 10.3 Å². The molecule has 0 bridgehead atoms. The molecule has 1 atom stereocenters. The Bertz CT molecular complexity index is 1090. The number of imidazole rings is 1. The number of rotatable bonds is 7. The number of anilines is 1. The van der Waals surface area contributed by atoms with Gasteiger partial charge in [0.05, 0.1) is 16.0 Å². The van der Waals surface area contributed by atoms with Gasteiger partial charge in [-0.15, -0.1) is 0 Å². The van der Waals surface area contributed by atoms with Crippen LogP contribution in [0, 0.1) is 15.9 Å². The van der Waals surface area contributed by atoms with E-state index in [0.29, 0.717) is 0 Å². The molecule has 0 fully saturated rings. The summed E-state index contributed by atoms with van der Waals surface area (Å²) in [5.41, 5.74) is 0.153. The number of hydrogen-bond donors (Lipinski definition) is 2. The summed E-state index contributed by atoms with van der Waals surface area (Å²) in [6.07, 6.45) is 1.92. The summed E-state index contributed by atoms with van der Waals surface area (Å²) in [6.45, 7) is -0.116. The molecule has 2 aromatic carbocycles. The lowest BCUT2D eigenvalue weighted by molar-refractivity contribution is -0.384. The zero-order valence-corrected chi connectivity index (χ0v) is 15.9. The number of carbonyl (C=O) groups excluding carboxylic acids is 1. The zero-order chi connectivity index (χ0) is 21.1. The van der Waals surface area contributed by atoms with Gasteiger partial charge in [0.2, 0.25) is 5.78 Å². The molecule has 150 valence electrons. The standard InChI is InChI=1S/C19H16ClFN4O4/c1-24-7-6-22-19(24)18(27)12-3-5-15(16(9-12)25(28)29)23-10-17(26)11-2-4-13(20)14(21)8-11/h2-9,17,23,26H,10H2,1H3. The number of nitrogens with one attached hydrogen (secondary N) is 1. The smallest absolute Gasteiger partial charge is 0.293 e. The second-order valence-corrected chi connectivity index (χ2v) is 6.66. The molecule has 10 heteroatoms. The first-order valence-corrected chi connectivity index (χ1v) is 8.83. The molecule has 1 heterocycles. The number of halogens is 2. The van der Waals surface area contributed by atoms with Crippen LogP contribution in [0.3, 0.4) is 0 Å². The van der Waals surface area contributed by atoms with Gasteiger partial charge in [-0.3, -0.25) is 14.9 Å². The predicted molar refractivity (Wildman–Crippen MR) is 105 cm³/mol. The van der Waals surface area contributed by atoms with Crippen LogP contribution in [0.4, 0.5) is 15.8 Å². The highest BCUT2D eigenvalue weighted by atomic mass is 35.5. The topological polar surface area (TPSA) is 110 Å². The van der Waals surface area contributed by atoms with Gasteiger partial charge in [-0.2, -0.15) is 0 Å². The average molecular weight is 419 g/mol. The molecule has 0 amide bonds. The number of nitro benzene ring substituents is 1. The fraction of sp³-hybridized carbons (Fsp3) is 0.158. The lowest BCUT2D eigenvalue weighted by Gasteiger charge is -2.14. The summed E-state index contributed by atoms with van der Waals surface area (Å²) in [6, 6.07) is 7.83. The lowest BCUT2D eigenvalue weighted by atomic mass is 10.1. The molecule has 1 unspecified atom stereocenters. The Morgan fingerprint density at radius 2 is 2.14 bits per heavy atom. The molecule has 2 N–H and O–H groups in total. The van der Waals surface area contributed by atoms with E-state index in [9.17, 15) is 24.4 Å². The van der Waals surface area contributed by atoms with Gasteiger partial charge in [0.1, 0.15) is 11.5 Å². The first-order valence-electron chi connectivity index (χ1n) is 8.45. The number of carbonyl (C=O) groups is 1. The van der Waals surface area contributed by atoms with Crippen molar-refractivity contribution in [1.29, 1.82) is 0 Å². The number of aryl methyl sites for hydroxylation is 1. The molecule has 0 aliphatic rings. The number of nitrogens with zero attached hydrogens (tertiary/aromatic N) is 3. The maximum Gasteiger partial charge on any atom is 0.293 e. The molecule has 3 aromatic rings. The third kappa shape index (κ3) is 4.41. The van der Waals surface area contributed by atoms with Crippen LogP contribution in [-0.2, 0) is 7.05 Å². The Labute approximate surface area is 169 Å². The number of aliphatic hydroxyl groups excluding tert-OH is 1. The number of aliphatic hydroxyl groups is 1. The molecule has 0 saturated heterocycles. The van der Waals surface area contributed by atoms with Crippen LogP contribution in [0.5, 0.6) is 0 Å². The zero-order valence-electron chi connectivity index (χ0n) is 15.2. The van der Waals surface area contributed by atoms with Crippen molar-refractivity contribution < 1.29 is 19.2 Å². The molecular weight excluding hydrogens is 403 g/mol. The lowest BCUT2D eigenvalue weighted by Crippen LogP contribution is -2.14. The number of aromatic nitrogens is 2. The molecule has 0 aliphatic heterocycles. The van der Waals surface area contributed by atoms with Gasteiger partial charge in [-0.05, 0) is 29.8 Å². The summed E-state index contributed by atoms with van der Waals surface area (Å²) in [7, 11) is 1.64. The summed E-state index contributed by atoms with van der Waals surface area (Å²) >= 11 is 5.62. The van der Waals surface area contributed by atoms with Crippen molar-refractivity contribution in [3.63, 3.8) is 0 Å². The Hall–Kier alpha value is -3.30. The van der Waals surface area contributed by atoms with E-state index in [0.717, 1.165) is 12.1 Å². The van der Waals surface area contributed by atoms with Gasteiger partial charge in [-0.1, -0.05) is 17.7 Å². The van der Waals surface area contributed by atoms with Crippen LogP contribution < -0.4 is 5.32 Å². The van der Waals surface area contributed by atoms with Crippen LogP contribution >= 0.6 is 11.6 Å². The molecule has 0 aliphatic carbocycles. The summed E-state index contributed by atoms with van der Waals surface area (Å²) in [5.74, 6) is -0.977. The average Bonchev–Trinajstić information content (AvgIpc) is 3.13. The molecule has 0 saturated carbocycles. The van der Waals surface area contributed by atoms with E-state index in [1.54, 1.807) is 13.2 Å². The quantitative estimate of drug-likeness (QED) is 0.345. The van der Waals surface area contributed by atoms with Gasteiger partial charge < -0.3 is 15.0 Å². The molecule has 3 rings (SSSR count). The highest BCUT2D eigenvalue weighted by molar-refractivity contribution is 6.30. The molecule has 1 aromatic heterocycles. The fourth-order valence-corrected chi connectivity index (χ4v) is 2.85. The van der Waals surface area contributed by atoms with Gasteiger partial charge in [0.15, 0.2) is 5.82 Å². The Kier molecular flexibility index (Phi) is 5.90. The predicted octanol–water partition coefficient (Wildman–Crippen LogP) is 3.50. The van der Waals surface area contributed by atoms with Crippen LogP contribution in [0.25, 0.3) is 0 Å². The molecular formula is C19H16ClFN4O4. The first kappa shape index (κ1) is 20.4. The van der Waals surface area contributed by atoms with E-state index >= 15 is 0 Å². The van der Waals surface area contributed by atoms with Gasteiger partial charge >= 0.3 is 0 Å². The third-order valence-corrected chi connectivity index (χ3v) is 4.60. The Morgan fingerprint density at radius 1 is 1.38 bits per heavy atom. The van der Waals surface area contributed by atoms with Crippen molar-refractivity contribution in [3.05, 3.63) is 86.7 Å². The molecule has 8 nitrogen and oxygen atoms in total. The minimum Gasteiger partial charge on any atom is -0.387 e. The van der Waals surface area contributed by atoms with Crippen LogP contribution in [0.2, 0.25) is 5.02 Å². The van der Waals surface area contributed by atoms with E-state index < -0.39 is 22.6 Å². The molecule has 0 radical (unpaired) electrons. The van der Waals surface area contributed by atoms with E-state index in [1.807, 2.05) is 0 Å². The number of nitro groups is 1.